The normalized spacial score (nSPS) is 12.1. The highest BCUT2D eigenvalue weighted by Gasteiger charge is 2.17. The quantitative estimate of drug-likeness (QED) is 0.541. The van der Waals surface area contributed by atoms with Crippen molar-refractivity contribution in [2.24, 2.45) is 10.1 Å². The molecule has 3 aromatic rings. The van der Waals surface area contributed by atoms with Crippen molar-refractivity contribution in [1.82, 2.24) is 4.57 Å². The number of amides is 1. The van der Waals surface area contributed by atoms with Crippen LogP contribution in [-0.4, -0.2) is 46.2 Å². The second-order valence-electron chi connectivity index (χ2n) is 6.20. The number of carbonyl (C=O) groups is 2. The van der Waals surface area contributed by atoms with E-state index in [1.165, 1.54) is 50.2 Å². The lowest BCUT2D eigenvalue weighted by atomic mass is 10.2. The van der Waals surface area contributed by atoms with Gasteiger partial charge in [0.25, 0.3) is 5.91 Å². The molecule has 1 heterocycles. The van der Waals surface area contributed by atoms with E-state index in [1.807, 2.05) is 0 Å². The fourth-order valence-electron chi connectivity index (χ4n) is 2.78. The number of carbonyl (C=O) groups excluding carboxylic acids is 2. The predicted molar refractivity (Wildman–Crippen MR) is 113 cm³/mol. The van der Waals surface area contributed by atoms with Crippen LogP contribution < -0.4 is 19.4 Å². The Morgan fingerprint density at radius 3 is 2.45 bits per heavy atom. The topological polar surface area (TPSA) is 139 Å². The number of thiazole rings is 1. The van der Waals surface area contributed by atoms with Crippen molar-refractivity contribution in [3.05, 3.63) is 46.8 Å². The number of benzene rings is 2. The maximum atomic E-state index is 12.9. The predicted octanol–water partition coefficient (Wildman–Crippen LogP) is 1.28. The lowest BCUT2D eigenvalue weighted by Gasteiger charge is -2.07. The summed E-state index contributed by atoms with van der Waals surface area (Å²) in [5.41, 5.74) is 0.687. The smallest absolute Gasteiger partial charge is 0.325 e. The van der Waals surface area contributed by atoms with E-state index >= 15 is 0 Å². The summed E-state index contributed by atoms with van der Waals surface area (Å²) in [7, 11) is 0.213. The third-order valence-corrected chi connectivity index (χ3v) is 6.29. The maximum Gasteiger partial charge on any atom is 0.325 e. The molecule has 0 saturated carbocycles. The molecular formula is C19H19N3O7S2. The molecule has 0 atom stereocenters. The van der Waals surface area contributed by atoms with Gasteiger partial charge in [0, 0.05) is 6.07 Å². The molecule has 2 N–H and O–H groups in total. The number of nitrogens with two attached hydrogens (primary N) is 1. The number of nitrogens with zero attached hydrogens (tertiary/aromatic N) is 2. The van der Waals surface area contributed by atoms with E-state index in [0.29, 0.717) is 16.0 Å². The number of primary sulfonamides is 1. The molecule has 0 radical (unpaired) electrons. The molecule has 2 aromatic carbocycles. The van der Waals surface area contributed by atoms with Gasteiger partial charge in [0.2, 0.25) is 10.0 Å². The number of ether oxygens (including phenoxy) is 3. The zero-order valence-electron chi connectivity index (χ0n) is 16.8. The first-order valence-corrected chi connectivity index (χ1v) is 11.1. The van der Waals surface area contributed by atoms with E-state index in [1.54, 1.807) is 12.1 Å². The van der Waals surface area contributed by atoms with Crippen molar-refractivity contribution >= 4 is 43.5 Å². The van der Waals surface area contributed by atoms with Crippen LogP contribution in [0.2, 0.25) is 0 Å². The zero-order chi connectivity index (χ0) is 22.8. The molecule has 1 aromatic heterocycles. The van der Waals surface area contributed by atoms with Crippen LogP contribution in [0.1, 0.15) is 10.4 Å². The second kappa shape index (κ2) is 8.88. The Morgan fingerprint density at radius 1 is 1.10 bits per heavy atom. The monoisotopic (exact) mass is 465 g/mol. The Kier molecular flexibility index (Phi) is 6.43. The number of aromatic nitrogens is 1. The number of hydrogen-bond acceptors (Lipinski definition) is 8. The molecule has 10 nitrogen and oxygen atoms in total. The van der Waals surface area contributed by atoms with Crippen LogP contribution in [0.25, 0.3) is 10.2 Å². The molecule has 12 heteroatoms. The summed E-state index contributed by atoms with van der Waals surface area (Å²) in [6, 6.07) is 8.83. The van der Waals surface area contributed by atoms with Gasteiger partial charge in [0.05, 0.1) is 42.0 Å². The third kappa shape index (κ3) is 4.76. The van der Waals surface area contributed by atoms with Crippen LogP contribution in [0.5, 0.6) is 11.5 Å². The summed E-state index contributed by atoms with van der Waals surface area (Å²) < 4.78 is 40.4. The molecule has 0 aliphatic rings. The number of hydrogen-bond donors (Lipinski definition) is 1. The van der Waals surface area contributed by atoms with E-state index < -0.39 is 21.9 Å². The summed E-state index contributed by atoms with van der Waals surface area (Å²) in [5.74, 6) is -0.403. The Morgan fingerprint density at radius 2 is 1.84 bits per heavy atom. The molecule has 0 spiro atoms. The van der Waals surface area contributed by atoms with Crippen LogP contribution in [0.3, 0.4) is 0 Å². The Hall–Kier alpha value is -3.22. The summed E-state index contributed by atoms with van der Waals surface area (Å²) in [6.45, 7) is -0.225. The van der Waals surface area contributed by atoms with Crippen molar-refractivity contribution < 1.29 is 32.2 Å². The van der Waals surface area contributed by atoms with Crippen molar-refractivity contribution in [2.45, 2.75) is 11.4 Å². The zero-order valence-corrected chi connectivity index (χ0v) is 18.5. The van der Waals surface area contributed by atoms with Gasteiger partial charge in [-0.1, -0.05) is 11.3 Å². The molecule has 1 amide bonds. The van der Waals surface area contributed by atoms with Gasteiger partial charge in [0.1, 0.15) is 18.0 Å². The average Bonchev–Trinajstić information content (AvgIpc) is 3.08. The molecule has 31 heavy (non-hydrogen) atoms. The number of methoxy groups -OCH3 is 3. The number of rotatable bonds is 6. The first-order valence-electron chi connectivity index (χ1n) is 8.72. The van der Waals surface area contributed by atoms with Gasteiger partial charge < -0.3 is 18.8 Å². The van der Waals surface area contributed by atoms with Crippen LogP contribution in [0.15, 0.2) is 46.3 Å². The van der Waals surface area contributed by atoms with Crippen molar-refractivity contribution in [3.63, 3.8) is 0 Å². The van der Waals surface area contributed by atoms with Gasteiger partial charge in [-0.2, -0.15) is 4.99 Å². The van der Waals surface area contributed by atoms with Crippen LogP contribution >= 0.6 is 11.3 Å². The van der Waals surface area contributed by atoms with Crippen molar-refractivity contribution in [1.29, 1.82) is 0 Å². The SMILES string of the molecule is COC(=O)Cn1c(=NC(=O)c2ccc(OC)cc2OC)sc2cc(S(N)(=O)=O)ccc21. The average molecular weight is 466 g/mol. The highest BCUT2D eigenvalue weighted by molar-refractivity contribution is 7.89. The molecule has 0 fully saturated rings. The van der Waals surface area contributed by atoms with E-state index in [2.05, 4.69) is 4.99 Å². The largest absolute Gasteiger partial charge is 0.497 e. The van der Waals surface area contributed by atoms with Gasteiger partial charge in [-0.05, 0) is 30.3 Å². The second-order valence-corrected chi connectivity index (χ2v) is 8.78. The molecule has 3 rings (SSSR count). The Bertz CT molecular complexity index is 1340. The minimum absolute atomic E-state index is 0.0961. The molecule has 0 unspecified atom stereocenters. The molecule has 0 aliphatic heterocycles. The lowest BCUT2D eigenvalue weighted by Crippen LogP contribution is -2.22. The van der Waals surface area contributed by atoms with Crippen molar-refractivity contribution in [2.75, 3.05) is 21.3 Å². The Balaban J connectivity index is 2.19. The molecule has 0 saturated heterocycles. The number of fused-ring (bicyclic) bond motifs is 1. The summed E-state index contributed by atoms with van der Waals surface area (Å²) in [6.07, 6.45) is 0. The fraction of sp³-hybridized carbons (Fsp3) is 0.211. The molecule has 0 aliphatic carbocycles. The highest BCUT2D eigenvalue weighted by Crippen LogP contribution is 2.26. The van der Waals surface area contributed by atoms with Crippen LogP contribution in [-0.2, 0) is 26.1 Å². The van der Waals surface area contributed by atoms with E-state index in [-0.39, 0.29) is 27.6 Å². The number of esters is 1. The Labute approximate surface area is 181 Å². The van der Waals surface area contributed by atoms with Gasteiger partial charge in [0.15, 0.2) is 4.80 Å². The third-order valence-electron chi connectivity index (χ3n) is 4.33. The summed E-state index contributed by atoms with van der Waals surface area (Å²) >= 11 is 1.03. The minimum atomic E-state index is -3.93. The van der Waals surface area contributed by atoms with Gasteiger partial charge in [-0.15, -0.1) is 0 Å². The minimum Gasteiger partial charge on any atom is -0.497 e. The highest BCUT2D eigenvalue weighted by atomic mass is 32.2. The van der Waals surface area contributed by atoms with Crippen LogP contribution in [0, 0.1) is 0 Å². The summed E-state index contributed by atoms with van der Waals surface area (Å²) in [4.78, 5) is 29.0. The first kappa shape index (κ1) is 22.5. The van der Waals surface area contributed by atoms with Crippen LogP contribution in [0.4, 0.5) is 0 Å². The maximum absolute atomic E-state index is 12.9. The van der Waals surface area contributed by atoms with Crippen molar-refractivity contribution in [3.8, 4) is 11.5 Å². The van der Waals surface area contributed by atoms with E-state index in [9.17, 15) is 18.0 Å². The van der Waals surface area contributed by atoms with Gasteiger partial charge in [-0.3, -0.25) is 9.59 Å². The lowest BCUT2D eigenvalue weighted by molar-refractivity contribution is -0.141. The van der Waals surface area contributed by atoms with E-state index in [4.69, 9.17) is 19.3 Å². The fourth-order valence-corrected chi connectivity index (χ4v) is 4.47. The summed E-state index contributed by atoms with van der Waals surface area (Å²) in [5, 5.41) is 5.20. The number of sulfonamides is 1. The first-order chi connectivity index (χ1) is 14.7. The molecular weight excluding hydrogens is 446 g/mol. The van der Waals surface area contributed by atoms with Gasteiger partial charge in [-0.25, -0.2) is 13.6 Å². The van der Waals surface area contributed by atoms with E-state index in [0.717, 1.165) is 11.3 Å². The standard InChI is InChI=1S/C19H19N3O7S2/c1-27-11-4-6-13(15(8-11)28-2)18(24)21-19-22(10-17(23)29-3)14-7-5-12(31(20,25)26)9-16(14)30-19/h4-9H,10H2,1-3H3,(H2,20,25,26). The van der Waals surface area contributed by atoms with Gasteiger partial charge >= 0.3 is 5.97 Å². The molecule has 0 bridgehead atoms. The molecule has 164 valence electrons.